The van der Waals surface area contributed by atoms with Crippen LogP contribution in [0.2, 0.25) is 5.02 Å². The zero-order valence-electron chi connectivity index (χ0n) is 10.2. The first kappa shape index (κ1) is 15.7. The Morgan fingerprint density at radius 2 is 1.86 bits per heavy atom. The number of halogens is 5. The van der Waals surface area contributed by atoms with Crippen LogP contribution in [0.5, 0.6) is 0 Å². The smallest absolute Gasteiger partial charge is 0.253 e. The Morgan fingerprint density at radius 1 is 1.19 bits per heavy atom. The van der Waals surface area contributed by atoms with E-state index in [4.69, 9.17) is 17.3 Å². The molecular weight excluding hydrogens is 373 g/mol. The number of benzene rings is 2. The van der Waals surface area contributed by atoms with Crippen LogP contribution in [0.4, 0.5) is 24.5 Å². The number of nitrogens with two attached hydrogens (primary N) is 1. The highest BCUT2D eigenvalue weighted by molar-refractivity contribution is 9.10. The van der Waals surface area contributed by atoms with Gasteiger partial charge in [0.25, 0.3) is 5.91 Å². The van der Waals surface area contributed by atoms with Gasteiger partial charge in [-0.2, -0.15) is 0 Å². The topological polar surface area (TPSA) is 55.1 Å². The fourth-order valence-electron chi connectivity index (χ4n) is 1.68. The van der Waals surface area contributed by atoms with Gasteiger partial charge in [-0.3, -0.25) is 4.79 Å². The van der Waals surface area contributed by atoms with Crippen LogP contribution in [0, 0.1) is 17.5 Å². The summed E-state index contributed by atoms with van der Waals surface area (Å²) < 4.78 is 41.4. The molecule has 0 aliphatic rings. The average molecular weight is 380 g/mol. The molecule has 0 radical (unpaired) electrons. The molecule has 0 aromatic heterocycles. The van der Waals surface area contributed by atoms with Gasteiger partial charge >= 0.3 is 0 Å². The molecule has 0 fully saturated rings. The predicted molar refractivity (Wildman–Crippen MR) is 77.3 cm³/mol. The molecule has 2 aromatic rings. The third kappa shape index (κ3) is 3.14. The van der Waals surface area contributed by atoms with Crippen molar-refractivity contribution in [3.05, 3.63) is 56.8 Å². The number of rotatable bonds is 3. The highest BCUT2D eigenvalue weighted by atomic mass is 79.9. The van der Waals surface area contributed by atoms with Crippen molar-refractivity contribution >= 4 is 44.8 Å². The summed E-state index contributed by atoms with van der Waals surface area (Å²) in [5.41, 5.74) is 3.67. The number of carbonyl (C=O) groups is 1. The van der Waals surface area contributed by atoms with Crippen molar-refractivity contribution in [3.8, 4) is 0 Å². The van der Waals surface area contributed by atoms with E-state index < -0.39 is 34.6 Å². The summed E-state index contributed by atoms with van der Waals surface area (Å²) >= 11 is 9.10. The highest BCUT2D eigenvalue weighted by Gasteiger charge is 2.23. The minimum absolute atomic E-state index is 0.156. The number of hydrogen-bond acceptors (Lipinski definition) is 2. The van der Waals surface area contributed by atoms with Crippen molar-refractivity contribution in [2.75, 3.05) is 5.32 Å². The molecule has 0 saturated carbocycles. The molecule has 110 valence electrons. The van der Waals surface area contributed by atoms with Gasteiger partial charge in [-0.05, 0) is 18.2 Å². The van der Waals surface area contributed by atoms with Crippen molar-refractivity contribution in [2.24, 2.45) is 5.73 Å². The lowest BCUT2D eigenvalue weighted by Crippen LogP contribution is -2.17. The largest absolute Gasteiger partial charge is 0.365 e. The lowest BCUT2D eigenvalue weighted by molar-refractivity contribution is 0.0997. The maximum absolute atomic E-state index is 13.8. The van der Waals surface area contributed by atoms with Gasteiger partial charge in [-0.1, -0.05) is 27.5 Å². The molecule has 0 aliphatic carbocycles. The van der Waals surface area contributed by atoms with Crippen molar-refractivity contribution in [2.45, 2.75) is 0 Å². The van der Waals surface area contributed by atoms with E-state index in [1.54, 1.807) is 6.07 Å². The van der Waals surface area contributed by atoms with E-state index >= 15 is 0 Å². The molecule has 2 rings (SSSR count). The van der Waals surface area contributed by atoms with E-state index in [1.165, 1.54) is 12.1 Å². The molecule has 0 aliphatic heterocycles. The molecule has 21 heavy (non-hydrogen) atoms. The molecule has 0 spiro atoms. The second kappa shape index (κ2) is 5.95. The number of hydrogen-bond donors (Lipinski definition) is 2. The van der Waals surface area contributed by atoms with E-state index in [2.05, 4.69) is 21.2 Å². The van der Waals surface area contributed by atoms with E-state index in [9.17, 15) is 18.0 Å². The summed E-state index contributed by atoms with van der Waals surface area (Å²) in [6.45, 7) is 0. The van der Waals surface area contributed by atoms with Gasteiger partial charge in [0.15, 0.2) is 11.6 Å². The fourth-order valence-corrected chi connectivity index (χ4v) is 2.40. The summed E-state index contributed by atoms with van der Waals surface area (Å²) in [6, 6.07) is 4.76. The van der Waals surface area contributed by atoms with Gasteiger partial charge in [-0.15, -0.1) is 0 Å². The molecule has 0 atom stereocenters. The number of carbonyl (C=O) groups excluding carboxylic acids is 1. The minimum atomic E-state index is -1.45. The quantitative estimate of drug-likeness (QED) is 0.779. The first-order valence-electron chi connectivity index (χ1n) is 5.50. The molecule has 0 saturated heterocycles. The van der Waals surface area contributed by atoms with Crippen molar-refractivity contribution in [1.82, 2.24) is 0 Å². The summed E-state index contributed by atoms with van der Waals surface area (Å²) in [6.07, 6.45) is 0. The Labute approximate surface area is 131 Å². The number of primary amides is 1. The Kier molecular flexibility index (Phi) is 4.43. The number of anilines is 2. The second-order valence-corrected chi connectivity index (χ2v) is 5.34. The molecule has 2 aromatic carbocycles. The summed E-state index contributed by atoms with van der Waals surface area (Å²) in [5.74, 6) is -5.38. The maximum atomic E-state index is 13.8. The molecule has 0 heterocycles. The Hall–Kier alpha value is -1.73. The first-order chi connectivity index (χ1) is 9.81. The molecule has 3 nitrogen and oxygen atoms in total. The third-order valence-electron chi connectivity index (χ3n) is 2.61. The summed E-state index contributed by atoms with van der Waals surface area (Å²) in [5, 5.41) is 2.55. The standard InChI is InChI=1S/C13H7BrClF3N2O/c14-5-1-2-9(6(15)3-5)20-12-10(13(19)21)7(16)4-8(17)11(12)18/h1-4,20H,(H2,19,21). The van der Waals surface area contributed by atoms with Crippen LogP contribution >= 0.6 is 27.5 Å². The second-order valence-electron chi connectivity index (χ2n) is 4.02. The Bertz CT molecular complexity index is 740. The molecule has 0 bridgehead atoms. The number of amides is 1. The van der Waals surface area contributed by atoms with Crippen LogP contribution in [0.1, 0.15) is 10.4 Å². The van der Waals surface area contributed by atoms with Gasteiger partial charge in [0.05, 0.1) is 16.4 Å². The fraction of sp³-hybridized carbons (Fsp3) is 0. The van der Waals surface area contributed by atoms with Gasteiger partial charge in [0, 0.05) is 10.5 Å². The monoisotopic (exact) mass is 378 g/mol. The van der Waals surface area contributed by atoms with Crippen LogP contribution < -0.4 is 11.1 Å². The van der Waals surface area contributed by atoms with Gasteiger partial charge in [0.1, 0.15) is 11.4 Å². The van der Waals surface area contributed by atoms with Crippen molar-refractivity contribution < 1.29 is 18.0 Å². The predicted octanol–water partition coefficient (Wildman–Crippen LogP) is 4.36. The third-order valence-corrected chi connectivity index (χ3v) is 3.41. The van der Waals surface area contributed by atoms with Gasteiger partial charge in [0.2, 0.25) is 0 Å². The Morgan fingerprint density at radius 3 is 2.43 bits per heavy atom. The first-order valence-corrected chi connectivity index (χ1v) is 6.67. The van der Waals surface area contributed by atoms with Gasteiger partial charge in [-0.25, -0.2) is 13.2 Å². The van der Waals surface area contributed by atoms with Crippen LogP contribution in [0.15, 0.2) is 28.7 Å². The molecule has 3 N–H and O–H groups in total. The SMILES string of the molecule is NC(=O)c1c(F)cc(F)c(F)c1Nc1ccc(Br)cc1Cl. The summed E-state index contributed by atoms with van der Waals surface area (Å²) in [7, 11) is 0. The van der Waals surface area contributed by atoms with E-state index in [-0.39, 0.29) is 16.8 Å². The van der Waals surface area contributed by atoms with Crippen LogP contribution in [0.3, 0.4) is 0 Å². The lowest BCUT2D eigenvalue weighted by Gasteiger charge is -2.14. The zero-order valence-corrected chi connectivity index (χ0v) is 12.5. The molecule has 1 amide bonds. The molecule has 8 heteroatoms. The number of nitrogens with one attached hydrogen (secondary N) is 1. The molecule has 0 unspecified atom stereocenters. The van der Waals surface area contributed by atoms with E-state index in [1.807, 2.05) is 0 Å². The van der Waals surface area contributed by atoms with Crippen LogP contribution in [-0.4, -0.2) is 5.91 Å². The average Bonchev–Trinajstić information content (AvgIpc) is 2.38. The molecular formula is C13H7BrClF3N2O. The minimum Gasteiger partial charge on any atom is -0.365 e. The van der Waals surface area contributed by atoms with Crippen molar-refractivity contribution in [3.63, 3.8) is 0 Å². The van der Waals surface area contributed by atoms with E-state index in [0.29, 0.717) is 4.47 Å². The lowest BCUT2D eigenvalue weighted by atomic mass is 10.1. The zero-order chi connectivity index (χ0) is 15.7. The summed E-state index contributed by atoms with van der Waals surface area (Å²) in [4.78, 5) is 11.2. The maximum Gasteiger partial charge on any atom is 0.253 e. The van der Waals surface area contributed by atoms with Crippen LogP contribution in [-0.2, 0) is 0 Å². The van der Waals surface area contributed by atoms with Gasteiger partial charge < -0.3 is 11.1 Å². The van der Waals surface area contributed by atoms with E-state index in [0.717, 1.165) is 0 Å². The Balaban J connectivity index is 2.60. The normalized spacial score (nSPS) is 10.5. The van der Waals surface area contributed by atoms with Crippen LogP contribution in [0.25, 0.3) is 0 Å². The highest BCUT2D eigenvalue weighted by Crippen LogP contribution is 2.32. The van der Waals surface area contributed by atoms with Crippen molar-refractivity contribution in [1.29, 1.82) is 0 Å².